The molecule has 0 saturated heterocycles. The summed E-state index contributed by atoms with van der Waals surface area (Å²) in [4.78, 5) is 0. The van der Waals surface area contributed by atoms with Gasteiger partial charge in [0.2, 0.25) is 0 Å². The van der Waals surface area contributed by atoms with Crippen LogP contribution in [0.4, 0.5) is 0 Å². The monoisotopic (exact) mass is 260 g/mol. The summed E-state index contributed by atoms with van der Waals surface area (Å²) in [6, 6.07) is 10.7. The summed E-state index contributed by atoms with van der Waals surface area (Å²) in [5, 5.41) is 4.54. The number of halogens is 1. The van der Waals surface area contributed by atoms with E-state index in [0.29, 0.717) is 5.92 Å². The molecule has 2 unspecified atom stereocenters. The predicted molar refractivity (Wildman–Crippen MR) is 73.9 cm³/mol. The average molecular weight is 261 g/mol. The number of hydrogen-bond acceptors (Lipinski definition) is 1. The SMILES string of the molecule is Cc1cc(CC2Cc3ccccc3C2Cl)n(C)n1. The third-order valence-electron chi connectivity index (χ3n) is 3.82. The molecular formula is C15H17ClN2. The molecular weight excluding hydrogens is 244 g/mol. The Morgan fingerprint density at radius 1 is 1.39 bits per heavy atom. The predicted octanol–water partition coefficient (Wildman–Crippen LogP) is 3.42. The zero-order valence-corrected chi connectivity index (χ0v) is 11.5. The van der Waals surface area contributed by atoms with Crippen molar-refractivity contribution in [3.63, 3.8) is 0 Å². The maximum Gasteiger partial charge on any atom is 0.0623 e. The highest BCUT2D eigenvalue weighted by Crippen LogP contribution is 2.42. The third-order valence-corrected chi connectivity index (χ3v) is 4.41. The molecule has 1 heterocycles. The van der Waals surface area contributed by atoms with Crippen LogP contribution in [0.5, 0.6) is 0 Å². The van der Waals surface area contributed by atoms with E-state index in [1.807, 2.05) is 18.7 Å². The molecule has 0 radical (unpaired) electrons. The lowest BCUT2D eigenvalue weighted by molar-refractivity contribution is 0.518. The van der Waals surface area contributed by atoms with Crippen molar-refractivity contribution in [3.05, 3.63) is 52.8 Å². The van der Waals surface area contributed by atoms with Gasteiger partial charge in [0.15, 0.2) is 0 Å². The molecule has 1 aromatic heterocycles. The van der Waals surface area contributed by atoms with Crippen LogP contribution < -0.4 is 0 Å². The van der Waals surface area contributed by atoms with E-state index >= 15 is 0 Å². The van der Waals surface area contributed by atoms with Crippen LogP contribution in [-0.2, 0) is 19.9 Å². The lowest BCUT2D eigenvalue weighted by Crippen LogP contribution is -2.10. The van der Waals surface area contributed by atoms with Crippen LogP contribution in [0.15, 0.2) is 30.3 Å². The van der Waals surface area contributed by atoms with Gasteiger partial charge >= 0.3 is 0 Å². The Hall–Kier alpha value is -1.28. The number of fused-ring (bicyclic) bond motifs is 1. The van der Waals surface area contributed by atoms with Crippen molar-refractivity contribution in [1.82, 2.24) is 9.78 Å². The second-order valence-electron chi connectivity index (χ2n) is 5.17. The lowest BCUT2D eigenvalue weighted by Gasteiger charge is -2.14. The van der Waals surface area contributed by atoms with Crippen molar-refractivity contribution in [1.29, 1.82) is 0 Å². The molecule has 0 fully saturated rings. The fourth-order valence-corrected chi connectivity index (χ4v) is 3.32. The van der Waals surface area contributed by atoms with Gasteiger partial charge in [0, 0.05) is 12.7 Å². The highest BCUT2D eigenvalue weighted by atomic mass is 35.5. The van der Waals surface area contributed by atoms with Gasteiger partial charge < -0.3 is 0 Å². The van der Waals surface area contributed by atoms with E-state index in [0.717, 1.165) is 18.5 Å². The molecule has 0 bridgehead atoms. The zero-order chi connectivity index (χ0) is 12.7. The molecule has 94 valence electrons. The van der Waals surface area contributed by atoms with E-state index < -0.39 is 0 Å². The van der Waals surface area contributed by atoms with Gasteiger partial charge in [0.25, 0.3) is 0 Å². The van der Waals surface area contributed by atoms with Crippen LogP contribution in [0.25, 0.3) is 0 Å². The van der Waals surface area contributed by atoms with Crippen molar-refractivity contribution >= 4 is 11.6 Å². The van der Waals surface area contributed by atoms with Gasteiger partial charge in [-0.1, -0.05) is 24.3 Å². The third kappa shape index (κ3) is 1.95. The van der Waals surface area contributed by atoms with E-state index in [4.69, 9.17) is 11.6 Å². The Bertz CT molecular complexity index is 574. The smallest absolute Gasteiger partial charge is 0.0623 e. The fourth-order valence-electron chi connectivity index (χ4n) is 2.93. The normalized spacial score (nSPS) is 22.2. The highest BCUT2D eigenvalue weighted by molar-refractivity contribution is 6.21. The van der Waals surface area contributed by atoms with Gasteiger partial charge in [-0.3, -0.25) is 4.68 Å². The van der Waals surface area contributed by atoms with Crippen LogP contribution in [0, 0.1) is 12.8 Å². The van der Waals surface area contributed by atoms with E-state index in [2.05, 4.69) is 35.4 Å². The van der Waals surface area contributed by atoms with Gasteiger partial charge in [0.05, 0.1) is 11.1 Å². The van der Waals surface area contributed by atoms with Crippen LogP contribution >= 0.6 is 11.6 Å². The summed E-state index contributed by atoms with van der Waals surface area (Å²) in [6.45, 7) is 2.03. The number of alkyl halides is 1. The first-order valence-corrected chi connectivity index (χ1v) is 6.80. The average Bonchev–Trinajstić information content (AvgIpc) is 2.82. The van der Waals surface area contributed by atoms with Crippen LogP contribution in [0.3, 0.4) is 0 Å². The number of aryl methyl sites for hydroxylation is 2. The molecule has 0 saturated carbocycles. The van der Waals surface area contributed by atoms with Crippen molar-refractivity contribution in [3.8, 4) is 0 Å². The molecule has 1 aliphatic carbocycles. The van der Waals surface area contributed by atoms with Crippen molar-refractivity contribution in [2.45, 2.75) is 25.1 Å². The molecule has 0 spiro atoms. The quantitative estimate of drug-likeness (QED) is 0.757. The molecule has 2 nitrogen and oxygen atoms in total. The highest BCUT2D eigenvalue weighted by Gasteiger charge is 2.31. The summed E-state index contributed by atoms with van der Waals surface area (Å²) in [6.07, 6.45) is 2.08. The number of aromatic nitrogens is 2. The Labute approximate surface area is 113 Å². The van der Waals surface area contributed by atoms with Gasteiger partial charge in [-0.05, 0) is 42.9 Å². The second kappa shape index (κ2) is 4.43. The summed E-state index contributed by atoms with van der Waals surface area (Å²) >= 11 is 6.59. The first kappa shape index (κ1) is 11.8. The standard InChI is InChI=1S/C15H17ClN2/c1-10-7-13(18(2)17-10)9-12-8-11-5-3-4-6-14(11)15(12)16/h3-7,12,15H,8-9H2,1-2H3. The van der Waals surface area contributed by atoms with Crippen LogP contribution in [0.2, 0.25) is 0 Å². The molecule has 1 aromatic carbocycles. The Balaban J connectivity index is 1.83. The molecule has 3 rings (SSSR count). The van der Waals surface area contributed by atoms with Crippen molar-refractivity contribution in [2.24, 2.45) is 13.0 Å². The first-order valence-electron chi connectivity index (χ1n) is 6.36. The van der Waals surface area contributed by atoms with Gasteiger partial charge in [-0.2, -0.15) is 5.10 Å². The molecule has 2 aromatic rings. The minimum atomic E-state index is 0.136. The number of rotatable bonds is 2. The molecule has 0 N–H and O–H groups in total. The molecule has 18 heavy (non-hydrogen) atoms. The molecule has 3 heteroatoms. The molecule has 1 aliphatic rings. The molecule has 0 aliphatic heterocycles. The Morgan fingerprint density at radius 3 is 2.83 bits per heavy atom. The van der Waals surface area contributed by atoms with E-state index in [1.54, 1.807) is 0 Å². The van der Waals surface area contributed by atoms with Crippen molar-refractivity contribution in [2.75, 3.05) is 0 Å². The number of hydrogen-bond donors (Lipinski definition) is 0. The van der Waals surface area contributed by atoms with E-state index in [1.165, 1.54) is 16.8 Å². The molecule has 2 atom stereocenters. The summed E-state index contributed by atoms with van der Waals surface area (Å²) in [5.41, 5.74) is 5.06. The maximum absolute atomic E-state index is 6.59. The summed E-state index contributed by atoms with van der Waals surface area (Å²) < 4.78 is 1.97. The largest absolute Gasteiger partial charge is 0.272 e. The van der Waals surface area contributed by atoms with E-state index in [9.17, 15) is 0 Å². The van der Waals surface area contributed by atoms with Gasteiger partial charge in [-0.25, -0.2) is 0 Å². The number of nitrogens with zero attached hydrogens (tertiary/aromatic N) is 2. The minimum Gasteiger partial charge on any atom is -0.272 e. The van der Waals surface area contributed by atoms with Gasteiger partial charge in [-0.15, -0.1) is 11.6 Å². The van der Waals surface area contributed by atoms with Crippen LogP contribution in [-0.4, -0.2) is 9.78 Å². The molecule has 0 amide bonds. The maximum atomic E-state index is 6.59. The van der Waals surface area contributed by atoms with E-state index in [-0.39, 0.29) is 5.38 Å². The van der Waals surface area contributed by atoms with Crippen molar-refractivity contribution < 1.29 is 0 Å². The fraction of sp³-hybridized carbons (Fsp3) is 0.400. The zero-order valence-electron chi connectivity index (χ0n) is 10.7. The van der Waals surface area contributed by atoms with Crippen LogP contribution in [0.1, 0.15) is 27.9 Å². The Morgan fingerprint density at radius 2 is 2.17 bits per heavy atom. The minimum absolute atomic E-state index is 0.136. The van der Waals surface area contributed by atoms with Gasteiger partial charge in [0.1, 0.15) is 0 Å². The second-order valence-corrected chi connectivity index (χ2v) is 5.64. The number of benzene rings is 1. The lowest BCUT2D eigenvalue weighted by atomic mass is 9.99. The first-order chi connectivity index (χ1) is 8.65. The summed E-state index contributed by atoms with van der Waals surface area (Å²) in [7, 11) is 2.01. The Kier molecular flexibility index (Phi) is 2.90. The topological polar surface area (TPSA) is 17.8 Å². The summed E-state index contributed by atoms with van der Waals surface area (Å²) in [5.74, 6) is 0.485.